The Labute approximate surface area is 165 Å². The van der Waals surface area contributed by atoms with Crippen molar-refractivity contribution in [1.82, 2.24) is 9.80 Å². The van der Waals surface area contributed by atoms with Gasteiger partial charge in [0.2, 0.25) is 0 Å². The fourth-order valence-electron chi connectivity index (χ4n) is 3.18. The van der Waals surface area contributed by atoms with Crippen LogP contribution in [0, 0.1) is 22.0 Å². The van der Waals surface area contributed by atoms with E-state index < -0.39 is 11.1 Å². The number of hydrogen-bond acceptors (Lipinski definition) is 5. The monoisotopic (exact) mass is 440 g/mol. The predicted molar refractivity (Wildman–Crippen MR) is 101 cm³/mol. The van der Waals surface area contributed by atoms with Crippen LogP contribution < -0.4 is 0 Å². The molecule has 0 N–H and O–H groups in total. The Bertz CT molecular complexity index is 744. The van der Waals surface area contributed by atoms with Crippen molar-refractivity contribution in [3.05, 3.63) is 44.4 Å². The number of guanidine groups is 1. The van der Waals surface area contributed by atoms with Gasteiger partial charge < -0.3 is 14.4 Å². The van der Waals surface area contributed by atoms with E-state index in [1.807, 2.05) is 24.3 Å². The SMILES string of the molecule is CC1COCC1CN1CCN(C(=O)OCc2ccccc2Br)C1=N[N+](=O)[O-]. The minimum Gasteiger partial charge on any atom is -0.444 e. The lowest BCUT2D eigenvalue weighted by molar-refractivity contribution is -0.486. The third-order valence-electron chi connectivity index (χ3n) is 4.79. The van der Waals surface area contributed by atoms with Gasteiger partial charge in [-0.2, -0.15) is 0 Å². The zero-order valence-electron chi connectivity index (χ0n) is 14.9. The van der Waals surface area contributed by atoms with E-state index in [-0.39, 0.29) is 18.5 Å². The summed E-state index contributed by atoms with van der Waals surface area (Å²) >= 11 is 3.40. The van der Waals surface area contributed by atoms with Gasteiger partial charge in [-0.25, -0.2) is 19.8 Å². The Morgan fingerprint density at radius 1 is 1.41 bits per heavy atom. The smallest absolute Gasteiger partial charge is 0.417 e. The molecule has 0 saturated carbocycles. The fourth-order valence-corrected chi connectivity index (χ4v) is 3.58. The number of carbonyl (C=O) groups is 1. The van der Waals surface area contributed by atoms with Gasteiger partial charge in [-0.1, -0.05) is 41.1 Å². The van der Waals surface area contributed by atoms with E-state index >= 15 is 0 Å². The summed E-state index contributed by atoms with van der Waals surface area (Å²) in [6, 6.07) is 7.39. The molecule has 1 amide bonds. The molecule has 146 valence electrons. The highest BCUT2D eigenvalue weighted by Gasteiger charge is 2.38. The average Bonchev–Trinajstić information content (AvgIpc) is 3.21. The number of nitro groups is 1. The third-order valence-corrected chi connectivity index (χ3v) is 5.56. The Morgan fingerprint density at radius 2 is 2.19 bits per heavy atom. The van der Waals surface area contributed by atoms with Gasteiger partial charge in [0, 0.05) is 35.7 Å². The van der Waals surface area contributed by atoms with Crippen LogP contribution in [0.25, 0.3) is 0 Å². The molecule has 0 aromatic heterocycles. The largest absolute Gasteiger partial charge is 0.444 e. The number of nitrogens with zero attached hydrogens (tertiary/aromatic N) is 4. The van der Waals surface area contributed by atoms with Crippen molar-refractivity contribution in [2.24, 2.45) is 16.9 Å². The number of halogens is 1. The predicted octanol–water partition coefficient (Wildman–Crippen LogP) is 2.53. The molecule has 2 atom stereocenters. The molecule has 2 aliphatic rings. The Kier molecular flexibility index (Phi) is 6.27. The van der Waals surface area contributed by atoms with Crippen molar-refractivity contribution in [2.75, 3.05) is 32.8 Å². The quantitative estimate of drug-likeness (QED) is 0.515. The van der Waals surface area contributed by atoms with E-state index in [4.69, 9.17) is 9.47 Å². The summed E-state index contributed by atoms with van der Waals surface area (Å²) in [5.41, 5.74) is 0.812. The average molecular weight is 441 g/mol. The lowest BCUT2D eigenvalue weighted by Gasteiger charge is -2.23. The van der Waals surface area contributed by atoms with Crippen molar-refractivity contribution in [3.8, 4) is 0 Å². The fraction of sp³-hybridized carbons (Fsp3) is 0.529. The van der Waals surface area contributed by atoms with Gasteiger partial charge in [-0.3, -0.25) is 0 Å². The molecule has 2 saturated heterocycles. The zero-order chi connectivity index (χ0) is 19.4. The molecule has 2 heterocycles. The molecule has 0 aliphatic carbocycles. The van der Waals surface area contributed by atoms with E-state index in [1.165, 1.54) is 4.90 Å². The molecule has 2 aliphatic heterocycles. The number of benzene rings is 1. The second-order valence-electron chi connectivity index (χ2n) is 6.66. The molecule has 2 unspecified atom stereocenters. The number of rotatable bonds is 5. The summed E-state index contributed by atoms with van der Waals surface area (Å²) in [7, 11) is 0. The van der Waals surface area contributed by atoms with Gasteiger partial charge in [0.15, 0.2) is 5.03 Å². The van der Waals surface area contributed by atoms with Crippen LogP contribution in [0.4, 0.5) is 4.79 Å². The van der Waals surface area contributed by atoms with Gasteiger partial charge in [0.1, 0.15) is 11.7 Å². The molecular weight excluding hydrogens is 420 g/mol. The van der Waals surface area contributed by atoms with E-state index in [1.54, 1.807) is 4.90 Å². The molecular formula is C17H21BrN4O5. The normalized spacial score (nSPS) is 23.9. The topological polar surface area (TPSA) is 97.5 Å². The van der Waals surface area contributed by atoms with Crippen LogP contribution in [0.3, 0.4) is 0 Å². The Balaban J connectivity index is 1.67. The van der Waals surface area contributed by atoms with Crippen molar-refractivity contribution in [1.29, 1.82) is 0 Å². The number of hydrogen-bond donors (Lipinski definition) is 0. The van der Waals surface area contributed by atoms with Crippen molar-refractivity contribution < 1.29 is 19.3 Å². The summed E-state index contributed by atoms with van der Waals surface area (Å²) in [5, 5.41) is 13.6. The first-order chi connectivity index (χ1) is 13.0. The lowest BCUT2D eigenvalue weighted by atomic mass is 9.98. The molecule has 1 aromatic rings. The van der Waals surface area contributed by atoms with Gasteiger partial charge in [-0.05, 0) is 12.0 Å². The lowest BCUT2D eigenvalue weighted by Crippen LogP contribution is -2.41. The summed E-state index contributed by atoms with van der Waals surface area (Å²) < 4.78 is 11.6. The minimum absolute atomic E-state index is 0.0243. The van der Waals surface area contributed by atoms with Crippen LogP contribution in [0.2, 0.25) is 0 Å². The van der Waals surface area contributed by atoms with Crippen LogP contribution >= 0.6 is 15.9 Å². The van der Waals surface area contributed by atoms with E-state index in [9.17, 15) is 14.9 Å². The van der Waals surface area contributed by atoms with Crippen LogP contribution in [0.15, 0.2) is 33.8 Å². The summed E-state index contributed by atoms with van der Waals surface area (Å²) in [6.07, 6.45) is -0.649. The first-order valence-electron chi connectivity index (χ1n) is 8.69. The van der Waals surface area contributed by atoms with E-state index in [0.29, 0.717) is 38.8 Å². The first kappa shape index (κ1) is 19.6. The van der Waals surface area contributed by atoms with Crippen LogP contribution in [-0.2, 0) is 16.1 Å². The molecule has 0 bridgehead atoms. The molecule has 9 nitrogen and oxygen atoms in total. The van der Waals surface area contributed by atoms with Crippen LogP contribution in [0.1, 0.15) is 12.5 Å². The molecule has 0 spiro atoms. The second-order valence-corrected chi connectivity index (χ2v) is 7.51. The zero-order valence-corrected chi connectivity index (χ0v) is 16.5. The maximum absolute atomic E-state index is 12.5. The molecule has 0 radical (unpaired) electrons. The van der Waals surface area contributed by atoms with E-state index in [0.717, 1.165) is 10.0 Å². The van der Waals surface area contributed by atoms with Gasteiger partial charge in [0.05, 0.1) is 13.2 Å². The number of hydrazone groups is 1. The van der Waals surface area contributed by atoms with Crippen molar-refractivity contribution in [2.45, 2.75) is 13.5 Å². The molecule has 27 heavy (non-hydrogen) atoms. The Hall–Kier alpha value is -2.20. The summed E-state index contributed by atoms with van der Waals surface area (Å²) in [6.45, 7) is 4.76. The van der Waals surface area contributed by atoms with E-state index in [2.05, 4.69) is 28.0 Å². The van der Waals surface area contributed by atoms with Crippen LogP contribution in [-0.4, -0.2) is 59.7 Å². The minimum atomic E-state index is -0.781. The third kappa shape index (κ3) is 4.75. The maximum atomic E-state index is 12.5. The standard InChI is InChI=1S/C17H21BrN4O5/c1-12-9-26-10-14(12)8-20-6-7-21(16(20)19-22(24)25)17(23)27-11-13-4-2-3-5-15(13)18/h2-5,12,14H,6-11H2,1H3. The molecule has 1 aromatic carbocycles. The van der Waals surface area contributed by atoms with Gasteiger partial charge in [0.25, 0.3) is 5.96 Å². The Morgan fingerprint density at radius 3 is 2.85 bits per heavy atom. The maximum Gasteiger partial charge on any atom is 0.417 e. The van der Waals surface area contributed by atoms with Gasteiger partial charge >= 0.3 is 6.09 Å². The molecule has 3 rings (SSSR count). The number of carbonyl (C=O) groups excluding carboxylic acids is 1. The van der Waals surface area contributed by atoms with Crippen LogP contribution in [0.5, 0.6) is 0 Å². The summed E-state index contributed by atoms with van der Waals surface area (Å²) in [4.78, 5) is 26.5. The van der Waals surface area contributed by atoms with Gasteiger partial charge in [-0.15, -0.1) is 0 Å². The van der Waals surface area contributed by atoms with Crippen molar-refractivity contribution in [3.63, 3.8) is 0 Å². The highest BCUT2D eigenvalue weighted by Crippen LogP contribution is 2.24. The first-order valence-corrected chi connectivity index (χ1v) is 9.48. The highest BCUT2D eigenvalue weighted by atomic mass is 79.9. The number of ether oxygens (including phenoxy) is 2. The summed E-state index contributed by atoms with van der Waals surface area (Å²) in [5.74, 6) is 0.632. The van der Waals surface area contributed by atoms with Crippen molar-refractivity contribution >= 4 is 28.0 Å². The second kappa shape index (κ2) is 8.66. The highest BCUT2D eigenvalue weighted by molar-refractivity contribution is 9.10. The number of amides is 1. The molecule has 10 heteroatoms. The molecule has 2 fully saturated rings.